The van der Waals surface area contributed by atoms with Gasteiger partial charge in [-0.15, -0.1) is 0 Å². The molecule has 0 fully saturated rings. The van der Waals surface area contributed by atoms with Crippen LogP contribution >= 0.6 is 39.1 Å². The summed E-state index contributed by atoms with van der Waals surface area (Å²) in [7, 11) is 0. The summed E-state index contributed by atoms with van der Waals surface area (Å²) < 4.78 is 0.890. The van der Waals surface area contributed by atoms with Gasteiger partial charge in [0.2, 0.25) is 0 Å². The molecule has 0 unspecified atom stereocenters. The zero-order chi connectivity index (χ0) is 19.7. The van der Waals surface area contributed by atoms with E-state index < -0.39 is 0 Å². The van der Waals surface area contributed by atoms with Gasteiger partial charge in [0.15, 0.2) is 0 Å². The van der Waals surface area contributed by atoms with Crippen LogP contribution in [0.2, 0.25) is 10.0 Å². The Hall–Kier alpha value is -2.40. The summed E-state index contributed by atoms with van der Waals surface area (Å²) in [5, 5.41) is 4.63. The van der Waals surface area contributed by atoms with Crippen LogP contribution in [0.1, 0.15) is 10.4 Å². The fraction of sp³-hybridized carbons (Fsp3) is 0. The number of halogens is 3. The Morgan fingerprint density at radius 3 is 2.50 bits per heavy atom. The van der Waals surface area contributed by atoms with Crippen molar-refractivity contribution in [1.82, 2.24) is 4.98 Å². The zero-order valence-corrected chi connectivity index (χ0v) is 17.5. The number of pyridine rings is 1. The van der Waals surface area contributed by atoms with Crippen LogP contribution in [0, 0.1) is 0 Å². The normalized spacial score (nSPS) is 10.8. The van der Waals surface area contributed by atoms with Crippen LogP contribution < -0.4 is 5.32 Å². The Labute approximate surface area is 180 Å². The number of nitrogens with one attached hydrogen (secondary N) is 1. The number of nitrogens with zero attached hydrogens (tertiary/aromatic N) is 1. The van der Waals surface area contributed by atoms with E-state index in [2.05, 4.69) is 21.2 Å². The summed E-state index contributed by atoms with van der Waals surface area (Å²) >= 11 is 15.6. The van der Waals surface area contributed by atoms with E-state index in [4.69, 9.17) is 28.2 Å². The molecule has 28 heavy (non-hydrogen) atoms. The van der Waals surface area contributed by atoms with E-state index in [-0.39, 0.29) is 5.91 Å². The van der Waals surface area contributed by atoms with Crippen molar-refractivity contribution < 1.29 is 4.79 Å². The minimum atomic E-state index is -0.210. The molecular weight excluding hydrogens is 459 g/mol. The Bertz CT molecular complexity index is 1210. The van der Waals surface area contributed by atoms with Crippen LogP contribution in [0.5, 0.6) is 0 Å². The first kappa shape index (κ1) is 18.9. The highest BCUT2D eigenvalue weighted by Gasteiger charge is 2.15. The van der Waals surface area contributed by atoms with E-state index in [9.17, 15) is 4.79 Å². The first-order valence-electron chi connectivity index (χ1n) is 8.43. The molecule has 0 atom stereocenters. The van der Waals surface area contributed by atoms with Gasteiger partial charge in [0.25, 0.3) is 5.91 Å². The van der Waals surface area contributed by atoms with Gasteiger partial charge in [-0.1, -0.05) is 69.5 Å². The third kappa shape index (κ3) is 3.90. The molecule has 0 aliphatic rings. The number of fused-ring (bicyclic) bond motifs is 1. The predicted octanol–water partition coefficient (Wildman–Crippen LogP) is 7.22. The van der Waals surface area contributed by atoms with Crippen molar-refractivity contribution in [3.05, 3.63) is 92.9 Å². The molecule has 0 saturated carbocycles. The van der Waals surface area contributed by atoms with Gasteiger partial charge in [-0.2, -0.15) is 0 Å². The zero-order valence-electron chi connectivity index (χ0n) is 14.4. The van der Waals surface area contributed by atoms with Crippen molar-refractivity contribution in [2.24, 2.45) is 0 Å². The largest absolute Gasteiger partial charge is 0.322 e. The summed E-state index contributed by atoms with van der Waals surface area (Å²) in [6.07, 6.45) is 0. The molecule has 6 heteroatoms. The van der Waals surface area contributed by atoms with Crippen molar-refractivity contribution in [1.29, 1.82) is 0 Å². The first-order valence-corrected chi connectivity index (χ1v) is 9.98. The monoisotopic (exact) mass is 470 g/mol. The lowest BCUT2D eigenvalue weighted by atomic mass is 10.0. The molecule has 3 nitrogen and oxygen atoms in total. The fourth-order valence-electron chi connectivity index (χ4n) is 2.93. The molecule has 0 aliphatic heterocycles. The van der Waals surface area contributed by atoms with Gasteiger partial charge in [-0.05, 0) is 42.5 Å². The number of amides is 1. The Morgan fingerprint density at radius 1 is 0.893 bits per heavy atom. The van der Waals surface area contributed by atoms with Gasteiger partial charge < -0.3 is 5.32 Å². The van der Waals surface area contributed by atoms with Crippen LogP contribution in [0.4, 0.5) is 5.69 Å². The van der Waals surface area contributed by atoms with Gasteiger partial charge in [0.1, 0.15) is 0 Å². The number of hydrogen-bond donors (Lipinski definition) is 1. The number of aromatic nitrogens is 1. The molecule has 0 radical (unpaired) electrons. The third-order valence-electron chi connectivity index (χ3n) is 4.26. The van der Waals surface area contributed by atoms with Crippen molar-refractivity contribution in [2.75, 3.05) is 5.32 Å². The molecule has 0 spiro atoms. The number of rotatable bonds is 3. The molecule has 0 saturated heterocycles. The van der Waals surface area contributed by atoms with Gasteiger partial charge in [-0.3, -0.25) is 4.79 Å². The quantitative estimate of drug-likeness (QED) is 0.342. The molecule has 0 bridgehead atoms. The molecule has 1 N–H and O–H groups in total. The SMILES string of the molecule is O=C(Nc1cccc(Br)c1)c1cc(-c2ccc(Cl)c(Cl)c2)nc2ccccc12. The smallest absolute Gasteiger partial charge is 0.256 e. The molecule has 1 amide bonds. The second kappa shape index (κ2) is 7.92. The number of hydrogen-bond acceptors (Lipinski definition) is 2. The lowest BCUT2D eigenvalue weighted by molar-refractivity contribution is 0.102. The molecule has 138 valence electrons. The minimum Gasteiger partial charge on any atom is -0.322 e. The first-order chi connectivity index (χ1) is 13.5. The minimum absolute atomic E-state index is 0.210. The highest BCUT2D eigenvalue weighted by Crippen LogP contribution is 2.30. The van der Waals surface area contributed by atoms with E-state index in [1.807, 2.05) is 54.6 Å². The maximum Gasteiger partial charge on any atom is 0.256 e. The van der Waals surface area contributed by atoms with Crippen molar-refractivity contribution >= 4 is 61.6 Å². The molecule has 4 aromatic rings. The standard InChI is InChI=1S/C22H13BrCl2N2O/c23-14-4-3-5-15(11-14)26-22(28)17-12-21(13-8-9-18(24)19(25)10-13)27-20-7-2-1-6-16(17)20/h1-12H,(H,26,28). The molecule has 1 aromatic heterocycles. The number of carbonyl (C=O) groups excluding carboxylic acids is 1. The molecule has 4 rings (SSSR count). The molecule has 0 aliphatic carbocycles. The van der Waals surface area contributed by atoms with Crippen LogP contribution in [0.15, 0.2) is 77.3 Å². The Balaban J connectivity index is 1.82. The van der Waals surface area contributed by atoms with Gasteiger partial charge in [0.05, 0.1) is 26.8 Å². The summed E-state index contributed by atoms with van der Waals surface area (Å²) in [5.74, 6) is -0.210. The second-order valence-corrected chi connectivity index (χ2v) is 7.90. The van der Waals surface area contributed by atoms with E-state index in [1.54, 1.807) is 18.2 Å². The molecular formula is C22H13BrCl2N2O. The Morgan fingerprint density at radius 2 is 1.71 bits per heavy atom. The van der Waals surface area contributed by atoms with E-state index in [0.29, 0.717) is 27.0 Å². The number of anilines is 1. The number of benzene rings is 3. The third-order valence-corrected chi connectivity index (χ3v) is 5.49. The van der Waals surface area contributed by atoms with E-state index in [0.717, 1.165) is 20.9 Å². The van der Waals surface area contributed by atoms with Crippen LogP contribution in [-0.2, 0) is 0 Å². The average molecular weight is 472 g/mol. The fourth-order valence-corrected chi connectivity index (χ4v) is 3.63. The highest BCUT2D eigenvalue weighted by molar-refractivity contribution is 9.10. The second-order valence-electron chi connectivity index (χ2n) is 6.17. The molecule has 3 aromatic carbocycles. The van der Waals surface area contributed by atoms with Crippen LogP contribution in [0.3, 0.4) is 0 Å². The number of para-hydroxylation sites is 1. The lowest BCUT2D eigenvalue weighted by Gasteiger charge is -2.11. The van der Waals surface area contributed by atoms with Crippen molar-refractivity contribution in [3.63, 3.8) is 0 Å². The van der Waals surface area contributed by atoms with Crippen molar-refractivity contribution in [3.8, 4) is 11.3 Å². The summed E-state index contributed by atoms with van der Waals surface area (Å²) in [6.45, 7) is 0. The van der Waals surface area contributed by atoms with Crippen molar-refractivity contribution in [2.45, 2.75) is 0 Å². The maximum absolute atomic E-state index is 13.0. The highest BCUT2D eigenvalue weighted by atomic mass is 79.9. The van der Waals surface area contributed by atoms with Gasteiger partial charge >= 0.3 is 0 Å². The average Bonchev–Trinajstić information content (AvgIpc) is 2.69. The van der Waals surface area contributed by atoms with Crippen LogP contribution in [0.25, 0.3) is 22.2 Å². The lowest BCUT2D eigenvalue weighted by Crippen LogP contribution is -2.13. The predicted molar refractivity (Wildman–Crippen MR) is 119 cm³/mol. The Kier molecular flexibility index (Phi) is 5.36. The summed E-state index contributed by atoms with van der Waals surface area (Å²) in [5.41, 5.74) is 3.40. The topological polar surface area (TPSA) is 42.0 Å². The van der Waals surface area contributed by atoms with Crippen LogP contribution in [-0.4, -0.2) is 10.9 Å². The van der Waals surface area contributed by atoms with E-state index >= 15 is 0 Å². The van der Waals surface area contributed by atoms with Gasteiger partial charge in [-0.25, -0.2) is 4.98 Å². The van der Waals surface area contributed by atoms with E-state index in [1.165, 1.54) is 0 Å². The van der Waals surface area contributed by atoms with Gasteiger partial charge in [0, 0.05) is 21.1 Å². The number of carbonyl (C=O) groups is 1. The maximum atomic E-state index is 13.0. The molecule has 1 heterocycles. The summed E-state index contributed by atoms with van der Waals surface area (Å²) in [4.78, 5) is 17.7. The summed E-state index contributed by atoms with van der Waals surface area (Å²) in [6, 6.07) is 22.1.